The number of pyridine rings is 1. The van der Waals surface area contributed by atoms with Crippen LogP contribution in [0.5, 0.6) is 0 Å². The molecule has 2 heterocycles. The molecule has 18 heavy (non-hydrogen) atoms. The molecule has 0 radical (unpaired) electrons. The first-order valence-electron chi connectivity index (χ1n) is 6.50. The summed E-state index contributed by atoms with van der Waals surface area (Å²) >= 11 is 0. The smallest absolute Gasteiger partial charge is 0.128 e. The topological polar surface area (TPSA) is 39.6 Å². The number of piperazine rings is 1. The predicted molar refractivity (Wildman–Crippen MR) is 73.8 cm³/mol. The fourth-order valence-electron chi connectivity index (χ4n) is 2.27. The molecule has 1 aliphatic rings. The van der Waals surface area contributed by atoms with Crippen LogP contribution in [0.3, 0.4) is 0 Å². The Labute approximate surface area is 109 Å². The number of aromatic nitrogens is 1. The van der Waals surface area contributed by atoms with Crippen molar-refractivity contribution in [2.24, 2.45) is 0 Å². The third-order valence-corrected chi connectivity index (χ3v) is 3.89. The van der Waals surface area contributed by atoms with Crippen LogP contribution in [0.4, 0.5) is 5.82 Å². The van der Waals surface area contributed by atoms with Crippen LogP contribution in [0.2, 0.25) is 0 Å². The first-order valence-corrected chi connectivity index (χ1v) is 6.50. The number of anilines is 1. The molecule has 4 nitrogen and oxygen atoms in total. The highest BCUT2D eigenvalue weighted by Gasteiger charge is 2.31. The van der Waals surface area contributed by atoms with Crippen LogP contribution >= 0.6 is 0 Å². The Bertz CT molecular complexity index is 400. The molecule has 2 rings (SSSR count). The lowest BCUT2D eigenvalue weighted by Gasteiger charge is -2.45. The van der Waals surface area contributed by atoms with Gasteiger partial charge in [-0.3, -0.25) is 4.90 Å². The van der Waals surface area contributed by atoms with Crippen molar-refractivity contribution >= 4 is 5.82 Å². The van der Waals surface area contributed by atoms with E-state index in [0.29, 0.717) is 0 Å². The minimum atomic E-state index is -0.449. The number of nitrogens with zero attached hydrogens (tertiary/aromatic N) is 3. The van der Waals surface area contributed by atoms with Crippen molar-refractivity contribution in [3.05, 3.63) is 23.9 Å². The second-order valence-electron chi connectivity index (χ2n) is 5.78. The van der Waals surface area contributed by atoms with E-state index >= 15 is 0 Å². The van der Waals surface area contributed by atoms with Crippen molar-refractivity contribution in [3.8, 4) is 0 Å². The molecular formula is C14H23N3O. The van der Waals surface area contributed by atoms with Gasteiger partial charge in [0, 0.05) is 31.4 Å². The van der Waals surface area contributed by atoms with Gasteiger partial charge in [0.05, 0.1) is 6.10 Å². The fourth-order valence-corrected chi connectivity index (χ4v) is 2.27. The van der Waals surface area contributed by atoms with Gasteiger partial charge >= 0.3 is 0 Å². The molecular weight excluding hydrogens is 226 g/mol. The van der Waals surface area contributed by atoms with Gasteiger partial charge < -0.3 is 10.0 Å². The summed E-state index contributed by atoms with van der Waals surface area (Å²) in [5.74, 6) is 1.00. The van der Waals surface area contributed by atoms with Crippen molar-refractivity contribution in [1.29, 1.82) is 0 Å². The maximum Gasteiger partial charge on any atom is 0.128 e. The Balaban J connectivity index is 2.13. The summed E-state index contributed by atoms with van der Waals surface area (Å²) in [5.41, 5.74) is 1.04. The SMILES string of the molecule is C[C@@H](O)c1ccc(N2CCN(C)C(C)(C)C2)nc1. The van der Waals surface area contributed by atoms with Crippen LogP contribution in [0.1, 0.15) is 32.4 Å². The summed E-state index contributed by atoms with van der Waals surface area (Å²) in [5, 5.41) is 9.48. The Morgan fingerprint density at radius 2 is 2.06 bits per heavy atom. The highest BCUT2D eigenvalue weighted by Crippen LogP contribution is 2.23. The minimum Gasteiger partial charge on any atom is -0.389 e. The van der Waals surface area contributed by atoms with Gasteiger partial charge in [0.15, 0.2) is 0 Å². The van der Waals surface area contributed by atoms with Crippen molar-refractivity contribution in [3.63, 3.8) is 0 Å². The second-order valence-corrected chi connectivity index (χ2v) is 5.78. The molecule has 1 fully saturated rings. The van der Waals surface area contributed by atoms with Gasteiger partial charge in [0.1, 0.15) is 5.82 Å². The van der Waals surface area contributed by atoms with Crippen molar-refractivity contribution in [2.45, 2.75) is 32.4 Å². The lowest BCUT2D eigenvalue weighted by Crippen LogP contribution is -2.57. The van der Waals surface area contributed by atoms with E-state index in [1.807, 2.05) is 12.1 Å². The van der Waals surface area contributed by atoms with Crippen LogP contribution in [0.15, 0.2) is 18.3 Å². The third-order valence-electron chi connectivity index (χ3n) is 3.89. The lowest BCUT2D eigenvalue weighted by molar-refractivity contribution is 0.138. The molecule has 4 heteroatoms. The number of aliphatic hydroxyl groups is 1. The van der Waals surface area contributed by atoms with E-state index in [2.05, 4.69) is 35.7 Å². The largest absolute Gasteiger partial charge is 0.389 e. The van der Waals surface area contributed by atoms with Gasteiger partial charge in [-0.2, -0.15) is 0 Å². The van der Waals surface area contributed by atoms with Crippen molar-refractivity contribution < 1.29 is 5.11 Å². The summed E-state index contributed by atoms with van der Waals surface area (Å²) in [6.07, 6.45) is 1.32. The Morgan fingerprint density at radius 3 is 2.56 bits per heavy atom. The van der Waals surface area contributed by atoms with Gasteiger partial charge in [-0.25, -0.2) is 4.98 Å². The predicted octanol–water partition coefficient (Wildman–Crippen LogP) is 1.67. The second kappa shape index (κ2) is 4.86. The Hall–Kier alpha value is -1.13. The zero-order chi connectivity index (χ0) is 13.3. The number of rotatable bonds is 2. The number of likely N-dealkylation sites (N-methyl/N-ethyl adjacent to an activating group) is 1. The summed E-state index contributed by atoms with van der Waals surface area (Å²) < 4.78 is 0. The third kappa shape index (κ3) is 2.65. The first-order chi connectivity index (χ1) is 8.40. The molecule has 0 saturated carbocycles. The van der Waals surface area contributed by atoms with Gasteiger partial charge in [-0.05, 0) is 39.4 Å². The molecule has 1 atom stereocenters. The van der Waals surface area contributed by atoms with E-state index in [9.17, 15) is 5.11 Å². The summed E-state index contributed by atoms with van der Waals surface area (Å²) in [6.45, 7) is 9.29. The molecule has 0 bridgehead atoms. The lowest BCUT2D eigenvalue weighted by atomic mass is 10.00. The highest BCUT2D eigenvalue weighted by atomic mass is 16.3. The molecule has 0 unspecified atom stereocenters. The van der Waals surface area contributed by atoms with Gasteiger partial charge in [0.25, 0.3) is 0 Å². The molecule has 1 aromatic heterocycles. The number of hydrogen-bond acceptors (Lipinski definition) is 4. The molecule has 0 aromatic carbocycles. The summed E-state index contributed by atoms with van der Waals surface area (Å²) in [6, 6.07) is 3.96. The van der Waals surface area contributed by atoms with Crippen LogP contribution in [-0.2, 0) is 0 Å². The number of aliphatic hydroxyl groups excluding tert-OH is 1. The van der Waals surface area contributed by atoms with Gasteiger partial charge in [-0.1, -0.05) is 6.07 Å². The van der Waals surface area contributed by atoms with Crippen molar-refractivity contribution in [2.75, 3.05) is 31.6 Å². The summed E-state index contributed by atoms with van der Waals surface area (Å²) in [7, 11) is 2.17. The maximum atomic E-state index is 9.48. The van der Waals surface area contributed by atoms with Gasteiger partial charge in [-0.15, -0.1) is 0 Å². The van der Waals surface area contributed by atoms with Gasteiger partial charge in [0.2, 0.25) is 0 Å². The zero-order valence-electron chi connectivity index (χ0n) is 11.7. The number of hydrogen-bond donors (Lipinski definition) is 1. The Morgan fingerprint density at radius 1 is 1.33 bits per heavy atom. The van der Waals surface area contributed by atoms with Crippen molar-refractivity contribution in [1.82, 2.24) is 9.88 Å². The van der Waals surface area contributed by atoms with E-state index in [-0.39, 0.29) is 5.54 Å². The van der Waals surface area contributed by atoms with Crippen LogP contribution < -0.4 is 4.90 Å². The van der Waals surface area contributed by atoms with Crippen LogP contribution in [0.25, 0.3) is 0 Å². The van der Waals surface area contributed by atoms with E-state index < -0.39 is 6.10 Å². The average molecular weight is 249 g/mol. The van der Waals surface area contributed by atoms with E-state index in [1.165, 1.54) is 0 Å². The van der Waals surface area contributed by atoms with E-state index in [4.69, 9.17) is 0 Å². The summed E-state index contributed by atoms with van der Waals surface area (Å²) in [4.78, 5) is 9.16. The zero-order valence-corrected chi connectivity index (χ0v) is 11.7. The normalized spacial score (nSPS) is 21.9. The maximum absolute atomic E-state index is 9.48. The van der Waals surface area contributed by atoms with Crippen LogP contribution in [0, 0.1) is 0 Å². The van der Waals surface area contributed by atoms with Crippen LogP contribution in [-0.4, -0.2) is 47.2 Å². The first kappa shape index (κ1) is 13.3. The van der Waals surface area contributed by atoms with E-state index in [1.54, 1.807) is 13.1 Å². The Kier molecular flexibility index (Phi) is 3.59. The molecule has 0 amide bonds. The quantitative estimate of drug-likeness (QED) is 0.865. The fraction of sp³-hybridized carbons (Fsp3) is 0.643. The highest BCUT2D eigenvalue weighted by molar-refractivity contribution is 5.41. The molecule has 0 aliphatic carbocycles. The molecule has 1 saturated heterocycles. The standard InChI is InChI=1S/C14H23N3O/c1-11(18)12-5-6-13(15-9-12)17-8-7-16(4)14(2,3)10-17/h5-6,9,11,18H,7-8,10H2,1-4H3/t11-/m1/s1. The molecule has 1 aromatic rings. The molecule has 0 spiro atoms. The van der Waals surface area contributed by atoms with E-state index in [0.717, 1.165) is 31.0 Å². The molecule has 1 aliphatic heterocycles. The molecule has 100 valence electrons. The minimum absolute atomic E-state index is 0.170. The monoisotopic (exact) mass is 249 g/mol. The molecule has 1 N–H and O–H groups in total. The average Bonchev–Trinajstić information content (AvgIpc) is 2.33.